The third-order valence-electron chi connectivity index (χ3n) is 5.79. The highest BCUT2D eigenvalue weighted by atomic mass is 16.5. The monoisotopic (exact) mass is 446 g/mol. The number of benzene rings is 3. The molecule has 33 heavy (non-hydrogen) atoms. The van der Waals surface area contributed by atoms with Crippen LogP contribution in [0.15, 0.2) is 72.8 Å². The Morgan fingerprint density at radius 2 is 1.58 bits per heavy atom. The third kappa shape index (κ3) is 7.45. The van der Waals surface area contributed by atoms with Crippen LogP contribution in [0.25, 0.3) is 0 Å². The summed E-state index contributed by atoms with van der Waals surface area (Å²) >= 11 is 0. The molecule has 5 heteroatoms. The van der Waals surface area contributed by atoms with E-state index >= 15 is 0 Å². The molecule has 3 rings (SSSR count). The predicted octanol–water partition coefficient (Wildman–Crippen LogP) is 4.80. The van der Waals surface area contributed by atoms with Gasteiger partial charge in [-0.2, -0.15) is 0 Å². The average Bonchev–Trinajstić information content (AvgIpc) is 2.83. The molecule has 0 spiro atoms. The minimum Gasteiger partial charge on any atom is -0.491 e. The first-order chi connectivity index (χ1) is 15.9. The highest BCUT2D eigenvalue weighted by Crippen LogP contribution is 2.22. The van der Waals surface area contributed by atoms with Gasteiger partial charge in [0.1, 0.15) is 12.4 Å². The summed E-state index contributed by atoms with van der Waals surface area (Å²) in [4.78, 5) is 13.8. The number of hydrogen-bond acceptors (Lipinski definition) is 4. The van der Waals surface area contributed by atoms with E-state index in [1.54, 1.807) is 11.8 Å². The van der Waals surface area contributed by atoms with Crippen molar-refractivity contribution in [3.8, 4) is 5.75 Å². The molecule has 3 aromatic rings. The zero-order valence-corrected chi connectivity index (χ0v) is 19.8. The van der Waals surface area contributed by atoms with E-state index < -0.39 is 0 Å². The summed E-state index contributed by atoms with van der Waals surface area (Å²) < 4.78 is 11.5. The van der Waals surface area contributed by atoms with Crippen molar-refractivity contribution < 1.29 is 14.3 Å². The molecular formula is C28H34N2O3. The molecule has 0 radical (unpaired) electrons. The molecule has 2 N–H and O–H groups in total. The topological polar surface area (TPSA) is 64.8 Å². The Hall–Kier alpha value is -3.15. The molecule has 0 fully saturated rings. The molecule has 1 amide bonds. The van der Waals surface area contributed by atoms with Crippen molar-refractivity contribution in [1.82, 2.24) is 4.90 Å². The molecule has 0 heterocycles. The van der Waals surface area contributed by atoms with E-state index in [0.717, 1.165) is 22.4 Å². The maximum Gasteiger partial charge on any atom is 0.219 e. The lowest BCUT2D eigenvalue weighted by molar-refractivity contribution is -0.130. The van der Waals surface area contributed by atoms with Crippen LogP contribution in [0.4, 0.5) is 0 Å². The first-order valence-electron chi connectivity index (χ1n) is 11.4. The number of amides is 1. The van der Waals surface area contributed by atoms with Gasteiger partial charge in [0, 0.05) is 20.0 Å². The second kappa shape index (κ2) is 12.2. The fourth-order valence-electron chi connectivity index (χ4n) is 3.59. The lowest BCUT2D eigenvalue weighted by Gasteiger charge is -2.21. The molecule has 0 saturated heterocycles. The highest BCUT2D eigenvalue weighted by Gasteiger charge is 2.10. The standard InChI is InChI=1S/C28H34N2O3/c1-21-9-10-24(19-22(21)2)20-30(23(3)31)15-16-32-17-18-33-27-13-11-26(12-14-27)28(29)25-7-5-4-6-8-25/h4-14,19,28H,15-18,20,29H2,1-3H3. The normalized spacial score (nSPS) is 11.8. The maximum atomic E-state index is 12.0. The lowest BCUT2D eigenvalue weighted by atomic mass is 10.00. The Kier molecular flexibility index (Phi) is 9.04. The van der Waals surface area contributed by atoms with Gasteiger partial charge in [0.2, 0.25) is 5.91 Å². The van der Waals surface area contributed by atoms with E-state index in [0.29, 0.717) is 32.9 Å². The Balaban J connectivity index is 1.38. The summed E-state index contributed by atoms with van der Waals surface area (Å²) in [5.74, 6) is 0.824. The lowest BCUT2D eigenvalue weighted by Crippen LogP contribution is -2.32. The van der Waals surface area contributed by atoms with Gasteiger partial charge in [0.15, 0.2) is 0 Å². The largest absolute Gasteiger partial charge is 0.491 e. The van der Waals surface area contributed by atoms with Gasteiger partial charge in [0.05, 0.1) is 19.3 Å². The van der Waals surface area contributed by atoms with Crippen LogP contribution >= 0.6 is 0 Å². The number of nitrogens with zero attached hydrogens (tertiary/aromatic N) is 1. The molecule has 0 aliphatic rings. The molecule has 0 aromatic heterocycles. The van der Waals surface area contributed by atoms with Crippen LogP contribution in [0.3, 0.4) is 0 Å². The summed E-state index contributed by atoms with van der Waals surface area (Å²) in [5, 5.41) is 0. The zero-order chi connectivity index (χ0) is 23.6. The van der Waals surface area contributed by atoms with Crippen molar-refractivity contribution in [2.24, 2.45) is 5.73 Å². The number of nitrogens with two attached hydrogens (primary N) is 1. The van der Waals surface area contributed by atoms with Crippen molar-refractivity contribution in [3.63, 3.8) is 0 Å². The van der Waals surface area contributed by atoms with Gasteiger partial charge in [-0.05, 0) is 53.8 Å². The number of rotatable bonds is 11. The minimum absolute atomic E-state index is 0.0434. The second-order valence-electron chi connectivity index (χ2n) is 8.28. The summed E-state index contributed by atoms with van der Waals surface area (Å²) in [5.41, 5.74) is 12.1. The predicted molar refractivity (Wildman–Crippen MR) is 132 cm³/mol. The average molecular weight is 447 g/mol. The molecule has 5 nitrogen and oxygen atoms in total. The summed E-state index contributed by atoms with van der Waals surface area (Å²) in [6.07, 6.45) is 0. The number of hydrogen-bond donors (Lipinski definition) is 1. The Bertz CT molecular complexity index is 1020. The SMILES string of the molecule is CC(=O)N(CCOCCOc1ccc(C(N)c2ccccc2)cc1)Cc1ccc(C)c(C)c1. The van der Waals surface area contributed by atoms with Crippen LogP contribution in [0.5, 0.6) is 5.75 Å². The molecule has 174 valence electrons. The van der Waals surface area contributed by atoms with Crippen LogP contribution < -0.4 is 10.5 Å². The first-order valence-corrected chi connectivity index (χ1v) is 11.4. The van der Waals surface area contributed by atoms with Gasteiger partial charge in [0.25, 0.3) is 0 Å². The van der Waals surface area contributed by atoms with Gasteiger partial charge in [-0.1, -0.05) is 60.7 Å². The van der Waals surface area contributed by atoms with Crippen molar-refractivity contribution in [2.45, 2.75) is 33.4 Å². The molecule has 0 saturated carbocycles. The van der Waals surface area contributed by atoms with Gasteiger partial charge >= 0.3 is 0 Å². The van der Waals surface area contributed by atoms with E-state index in [4.69, 9.17) is 15.2 Å². The zero-order valence-electron chi connectivity index (χ0n) is 19.8. The molecule has 0 aliphatic carbocycles. The molecule has 1 atom stereocenters. The van der Waals surface area contributed by atoms with E-state index in [1.807, 2.05) is 54.6 Å². The fourth-order valence-corrected chi connectivity index (χ4v) is 3.59. The van der Waals surface area contributed by atoms with E-state index in [-0.39, 0.29) is 11.9 Å². The minimum atomic E-state index is -0.156. The van der Waals surface area contributed by atoms with Crippen LogP contribution in [0.1, 0.15) is 40.8 Å². The molecule has 1 unspecified atom stereocenters. The van der Waals surface area contributed by atoms with Crippen LogP contribution in [0.2, 0.25) is 0 Å². The number of ether oxygens (including phenoxy) is 2. The van der Waals surface area contributed by atoms with E-state index in [2.05, 4.69) is 32.0 Å². The maximum absolute atomic E-state index is 12.0. The number of carbonyl (C=O) groups excluding carboxylic acids is 1. The Labute approximate surface area is 197 Å². The fraction of sp³-hybridized carbons (Fsp3) is 0.321. The number of carbonyl (C=O) groups is 1. The van der Waals surface area contributed by atoms with Gasteiger partial charge in [-0.15, -0.1) is 0 Å². The van der Waals surface area contributed by atoms with Crippen molar-refractivity contribution in [3.05, 3.63) is 101 Å². The van der Waals surface area contributed by atoms with E-state index in [9.17, 15) is 4.79 Å². The molecule has 3 aromatic carbocycles. The van der Waals surface area contributed by atoms with Crippen molar-refractivity contribution in [1.29, 1.82) is 0 Å². The second-order valence-corrected chi connectivity index (χ2v) is 8.28. The molecule has 0 aliphatic heterocycles. The van der Waals surface area contributed by atoms with Crippen LogP contribution in [-0.4, -0.2) is 37.2 Å². The Morgan fingerprint density at radius 1 is 0.879 bits per heavy atom. The van der Waals surface area contributed by atoms with Gasteiger partial charge in [-0.3, -0.25) is 4.79 Å². The van der Waals surface area contributed by atoms with Crippen LogP contribution in [-0.2, 0) is 16.1 Å². The Morgan fingerprint density at radius 3 is 2.24 bits per heavy atom. The summed E-state index contributed by atoms with van der Waals surface area (Å²) in [6.45, 7) is 8.29. The molecular weight excluding hydrogens is 412 g/mol. The third-order valence-corrected chi connectivity index (χ3v) is 5.79. The first kappa shape index (κ1) is 24.5. The highest BCUT2D eigenvalue weighted by molar-refractivity contribution is 5.73. The quantitative estimate of drug-likeness (QED) is 0.430. The van der Waals surface area contributed by atoms with E-state index in [1.165, 1.54) is 11.1 Å². The van der Waals surface area contributed by atoms with Gasteiger partial charge in [-0.25, -0.2) is 0 Å². The van der Waals surface area contributed by atoms with Crippen molar-refractivity contribution in [2.75, 3.05) is 26.4 Å². The van der Waals surface area contributed by atoms with Crippen molar-refractivity contribution >= 4 is 5.91 Å². The summed E-state index contributed by atoms with van der Waals surface area (Å²) in [6, 6.07) is 24.0. The summed E-state index contributed by atoms with van der Waals surface area (Å²) in [7, 11) is 0. The van der Waals surface area contributed by atoms with Crippen LogP contribution in [0, 0.1) is 13.8 Å². The molecule has 0 bridgehead atoms. The smallest absolute Gasteiger partial charge is 0.219 e. The number of aryl methyl sites for hydroxylation is 2. The van der Waals surface area contributed by atoms with Gasteiger partial charge < -0.3 is 20.1 Å².